The van der Waals surface area contributed by atoms with E-state index >= 15 is 0 Å². The van der Waals surface area contributed by atoms with Gasteiger partial charge in [0.25, 0.3) is 0 Å². The van der Waals surface area contributed by atoms with E-state index in [9.17, 15) is 4.79 Å². The highest BCUT2D eigenvalue weighted by molar-refractivity contribution is 6.30. The van der Waals surface area contributed by atoms with Gasteiger partial charge in [-0.2, -0.15) is 0 Å². The highest BCUT2D eigenvalue weighted by Crippen LogP contribution is 2.29. The van der Waals surface area contributed by atoms with Gasteiger partial charge in [0.2, 0.25) is 0 Å². The van der Waals surface area contributed by atoms with E-state index in [4.69, 9.17) is 25.8 Å². The first-order valence-electron chi connectivity index (χ1n) is 9.50. The van der Waals surface area contributed by atoms with Crippen LogP contribution in [0.3, 0.4) is 0 Å². The number of carbonyl (C=O) groups is 1. The lowest BCUT2D eigenvalue weighted by Crippen LogP contribution is -2.04. The van der Waals surface area contributed by atoms with E-state index in [-0.39, 0.29) is 0 Å². The van der Waals surface area contributed by atoms with Gasteiger partial charge >= 0.3 is 5.97 Å². The molecule has 0 radical (unpaired) electrons. The Labute approximate surface area is 172 Å². The molecule has 0 saturated carbocycles. The molecule has 0 spiro atoms. The highest BCUT2D eigenvalue weighted by atomic mass is 35.5. The molecule has 0 aliphatic carbocycles. The highest BCUT2D eigenvalue weighted by Gasteiger charge is 2.07. The molecule has 28 heavy (non-hydrogen) atoms. The van der Waals surface area contributed by atoms with E-state index < -0.39 is 5.97 Å². The number of aryl methyl sites for hydroxylation is 1. The van der Waals surface area contributed by atoms with E-state index in [1.165, 1.54) is 18.9 Å². The molecule has 0 fully saturated rings. The maximum atomic E-state index is 12.1. The first kappa shape index (κ1) is 21.8. The zero-order valence-electron chi connectivity index (χ0n) is 16.7. The topological polar surface area (TPSA) is 44.8 Å². The number of methoxy groups -OCH3 is 1. The van der Waals surface area contributed by atoms with Crippen molar-refractivity contribution in [3.8, 4) is 17.2 Å². The first-order valence-corrected chi connectivity index (χ1v) is 9.88. The molecule has 0 amide bonds. The second-order valence-electron chi connectivity index (χ2n) is 6.48. The summed E-state index contributed by atoms with van der Waals surface area (Å²) in [5, 5.41) is 0.604. The van der Waals surface area contributed by atoms with E-state index in [1.807, 2.05) is 25.1 Å². The van der Waals surface area contributed by atoms with Crippen molar-refractivity contribution in [2.24, 2.45) is 0 Å². The molecule has 0 aliphatic rings. The molecule has 150 valence electrons. The molecule has 0 bridgehead atoms. The number of benzene rings is 2. The molecule has 2 rings (SSSR count). The van der Waals surface area contributed by atoms with Gasteiger partial charge in [0.05, 0.1) is 13.7 Å². The summed E-state index contributed by atoms with van der Waals surface area (Å²) < 4.78 is 16.6. The van der Waals surface area contributed by atoms with E-state index in [2.05, 4.69) is 6.92 Å². The standard InChI is InChI=1S/C23H27ClO4/c1-4-5-6-7-14-27-21-11-8-18(16-22(21)26-3)9-13-23(25)28-20-12-10-19(24)15-17(20)2/h8-13,15-16H,4-7,14H2,1-3H3/b13-9+. The number of ether oxygens (including phenoxy) is 3. The van der Waals surface area contributed by atoms with Crippen LogP contribution in [-0.4, -0.2) is 19.7 Å². The zero-order chi connectivity index (χ0) is 20.4. The maximum Gasteiger partial charge on any atom is 0.336 e. The zero-order valence-corrected chi connectivity index (χ0v) is 17.4. The van der Waals surface area contributed by atoms with Gasteiger partial charge in [-0.25, -0.2) is 4.79 Å². The molecule has 2 aromatic carbocycles. The molecular weight excluding hydrogens is 376 g/mol. The van der Waals surface area contributed by atoms with Crippen molar-refractivity contribution in [3.05, 3.63) is 58.6 Å². The largest absolute Gasteiger partial charge is 0.493 e. The minimum atomic E-state index is -0.458. The van der Waals surface area contributed by atoms with Crippen molar-refractivity contribution in [1.82, 2.24) is 0 Å². The molecule has 2 aromatic rings. The van der Waals surface area contributed by atoms with Crippen LogP contribution < -0.4 is 14.2 Å². The van der Waals surface area contributed by atoms with Crippen LogP contribution in [0.25, 0.3) is 6.08 Å². The molecule has 0 unspecified atom stereocenters. The number of halogens is 1. The monoisotopic (exact) mass is 402 g/mol. The van der Waals surface area contributed by atoms with Crippen LogP contribution in [0.2, 0.25) is 5.02 Å². The third-order valence-corrected chi connectivity index (χ3v) is 4.44. The molecule has 0 heterocycles. The summed E-state index contributed by atoms with van der Waals surface area (Å²) in [4.78, 5) is 12.1. The van der Waals surface area contributed by atoms with Gasteiger partial charge in [-0.1, -0.05) is 43.9 Å². The Morgan fingerprint density at radius 1 is 1.04 bits per heavy atom. The van der Waals surface area contributed by atoms with Gasteiger partial charge in [-0.3, -0.25) is 0 Å². The number of hydrogen-bond donors (Lipinski definition) is 0. The van der Waals surface area contributed by atoms with Crippen LogP contribution in [0.15, 0.2) is 42.5 Å². The van der Waals surface area contributed by atoms with Gasteiger partial charge in [-0.05, 0) is 60.9 Å². The smallest absolute Gasteiger partial charge is 0.336 e. The quantitative estimate of drug-likeness (QED) is 0.204. The van der Waals surface area contributed by atoms with Gasteiger partial charge in [0, 0.05) is 11.1 Å². The summed E-state index contributed by atoms with van der Waals surface area (Å²) in [5.41, 5.74) is 1.62. The van der Waals surface area contributed by atoms with Crippen LogP contribution >= 0.6 is 11.6 Å². The SMILES string of the molecule is CCCCCCOc1ccc(/C=C/C(=O)Oc2ccc(Cl)cc2C)cc1OC. The van der Waals surface area contributed by atoms with Gasteiger partial charge in [0.1, 0.15) is 5.75 Å². The van der Waals surface area contributed by atoms with E-state index in [0.29, 0.717) is 28.9 Å². The third kappa shape index (κ3) is 6.93. The molecule has 5 heteroatoms. The number of unbranched alkanes of at least 4 members (excludes halogenated alkanes) is 3. The second kappa shape index (κ2) is 11.4. The number of esters is 1. The van der Waals surface area contributed by atoms with Crippen molar-refractivity contribution >= 4 is 23.6 Å². The summed E-state index contributed by atoms with van der Waals surface area (Å²) in [6, 6.07) is 10.7. The van der Waals surface area contributed by atoms with Crippen molar-refractivity contribution in [1.29, 1.82) is 0 Å². The Kier molecular flexibility index (Phi) is 8.89. The lowest BCUT2D eigenvalue weighted by molar-refractivity contribution is -0.128. The number of carbonyl (C=O) groups excluding carboxylic acids is 1. The molecule has 0 saturated heterocycles. The lowest BCUT2D eigenvalue weighted by Gasteiger charge is -2.11. The van der Waals surface area contributed by atoms with Crippen molar-refractivity contribution < 1.29 is 19.0 Å². The Morgan fingerprint density at radius 2 is 1.82 bits per heavy atom. The molecule has 0 N–H and O–H groups in total. The minimum absolute atomic E-state index is 0.458. The van der Waals surface area contributed by atoms with Crippen molar-refractivity contribution in [3.63, 3.8) is 0 Å². The molecule has 0 aromatic heterocycles. The lowest BCUT2D eigenvalue weighted by atomic mass is 10.2. The summed E-state index contributed by atoms with van der Waals surface area (Å²) in [7, 11) is 1.60. The Morgan fingerprint density at radius 3 is 2.54 bits per heavy atom. The molecular formula is C23H27ClO4. The van der Waals surface area contributed by atoms with Crippen LogP contribution in [0, 0.1) is 6.92 Å². The summed E-state index contributed by atoms with van der Waals surface area (Å²) in [6.07, 6.45) is 7.67. The first-order chi connectivity index (χ1) is 13.5. The summed E-state index contributed by atoms with van der Waals surface area (Å²) in [6.45, 7) is 4.69. The average molecular weight is 403 g/mol. The predicted octanol–water partition coefficient (Wildman–Crippen LogP) is 6.23. The third-order valence-electron chi connectivity index (χ3n) is 4.20. The fourth-order valence-corrected chi connectivity index (χ4v) is 2.88. The second-order valence-corrected chi connectivity index (χ2v) is 6.92. The Hall–Kier alpha value is -2.46. The average Bonchev–Trinajstić information content (AvgIpc) is 2.69. The van der Waals surface area contributed by atoms with Gasteiger partial charge in [0.15, 0.2) is 11.5 Å². The van der Waals surface area contributed by atoms with Gasteiger partial charge < -0.3 is 14.2 Å². The van der Waals surface area contributed by atoms with E-state index in [0.717, 1.165) is 24.0 Å². The molecule has 4 nitrogen and oxygen atoms in total. The van der Waals surface area contributed by atoms with Crippen molar-refractivity contribution in [2.75, 3.05) is 13.7 Å². The fourth-order valence-electron chi connectivity index (χ4n) is 2.65. The molecule has 0 aliphatic heterocycles. The van der Waals surface area contributed by atoms with Crippen LogP contribution in [-0.2, 0) is 4.79 Å². The maximum absolute atomic E-state index is 12.1. The number of hydrogen-bond acceptors (Lipinski definition) is 4. The fraction of sp³-hybridized carbons (Fsp3) is 0.348. The normalized spacial score (nSPS) is 10.9. The van der Waals surface area contributed by atoms with Crippen molar-refractivity contribution in [2.45, 2.75) is 39.5 Å². The van der Waals surface area contributed by atoms with Crippen LogP contribution in [0.1, 0.15) is 43.7 Å². The summed E-state index contributed by atoms with van der Waals surface area (Å²) in [5.74, 6) is 1.37. The number of rotatable bonds is 10. The Bertz CT molecular complexity index is 814. The predicted molar refractivity (Wildman–Crippen MR) is 113 cm³/mol. The summed E-state index contributed by atoms with van der Waals surface area (Å²) >= 11 is 5.91. The Balaban J connectivity index is 1.96. The minimum Gasteiger partial charge on any atom is -0.493 e. The van der Waals surface area contributed by atoms with Crippen LogP contribution in [0.5, 0.6) is 17.2 Å². The van der Waals surface area contributed by atoms with Crippen LogP contribution in [0.4, 0.5) is 0 Å². The van der Waals surface area contributed by atoms with E-state index in [1.54, 1.807) is 31.4 Å². The molecule has 0 atom stereocenters. The van der Waals surface area contributed by atoms with Gasteiger partial charge in [-0.15, -0.1) is 0 Å².